The van der Waals surface area contributed by atoms with Crippen LogP contribution in [0, 0.1) is 0 Å². The Labute approximate surface area is 114 Å². The molecule has 0 aliphatic heterocycles. The van der Waals surface area contributed by atoms with Crippen molar-refractivity contribution in [1.29, 1.82) is 0 Å². The summed E-state index contributed by atoms with van der Waals surface area (Å²) in [6.45, 7) is 2.30. The van der Waals surface area contributed by atoms with Crippen LogP contribution < -0.4 is 5.32 Å². The molecule has 0 aliphatic rings. The fourth-order valence-corrected chi connectivity index (χ4v) is 1.41. The molecule has 8 nitrogen and oxygen atoms in total. The number of nitrogens with one attached hydrogen (secondary N) is 2. The van der Waals surface area contributed by atoms with E-state index in [1.54, 1.807) is 24.3 Å². The van der Waals surface area contributed by atoms with Crippen molar-refractivity contribution < 1.29 is 14.3 Å². The molecule has 0 aliphatic carbocycles. The number of carbonyl (C=O) groups excluding carboxylic acids is 2. The summed E-state index contributed by atoms with van der Waals surface area (Å²) in [5.74, 6) is -0.931. The maximum atomic E-state index is 11.6. The van der Waals surface area contributed by atoms with Gasteiger partial charge >= 0.3 is 5.97 Å². The van der Waals surface area contributed by atoms with Gasteiger partial charge in [-0.2, -0.15) is 5.21 Å². The summed E-state index contributed by atoms with van der Waals surface area (Å²) < 4.78 is 5.00. The molecular weight excluding hydrogens is 262 g/mol. The number of H-pyrrole nitrogens is 1. The summed E-state index contributed by atoms with van der Waals surface area (Å²) in [4.78, 5) is 23.2. The molecule has 2 rings (SSSR count). The lowest BCUT2D eigenvalue weighted by Crippen LogP contribution is -2.14. The lowest BCUT2D eigenvalue weighted by atomic mass is 10.2. The molecule has 2 aromatic rings. The number of aromatic nitrogens is 4. The maximum Gasteiger partial charge on any atom is 0.338 e. The van der Waals surface area contributed by atoms with Crippen molar-refractivity contribution in [2.45, 2.75) is 13.3 Å². The third kappa shape index (κ3) is 3.37. The molecule has 1 heterocycles. The second-order valence-corrected chi connectivity index (χ2v) is 3.90. The quantitative estimate of drug-likeness (QED) is 0.788. The fourth-order valence-electron chi connectivity index (χ4n) is 1.41. The van der Waals surface area contributed by atoms with E-state index in [-0.39, 0.29) is 11.8 Å². The second kappa shape index (κ2) is 6.41. The van der Waals surface area contributed by atoms with Gasteiger partial charge in [-0.15, -0.1) is 10.2 Å². The van der Waals surface area contributed by atoms with Gasteiger partial charge < -0.3 is 10.1 Å². The number of hydrogen-bond donors (Lipinski definition) is 2. The molecule has 0 fully saturated rings. The summed E-state index contributed by atoms with van der Waals surface area (Å²) in [6, 6.07) is 6.34. The first-order valence-electron chi connectivity index (χ1n) is 6.02. The highest BCUT2D eigenvalue weighted by molar-refractivity contribution is 6.01. The smallest absolute Gasteiger partial charge is 0.338 e. The van der Waals surface area contributed by atoms with Crippen molar-refractivity contribution in [2.75, 3.05) is 11.9 Å². The molecule has 0 saturated heterocycles. The van der Waals surface area contributed by atoms with E-state index >= 15 is 0 Å². The topological polar surface area (TPSA) is 110 Å². The molecule has 1 aromatic heterocycles. The summed E-state index contributed by atoms with van der Waals surface area (Å²) in [5, 5.41) is 15.2. The normalized spacial score (nSPS) is 10.1. The van der Waals surface area contributed by atoms with Gasteiger partial charge in [0.25, 0.3) is 11.7 Å². The third-order valence-electron chi connectivity index (χ3n) is 2.36. The first-order chi connectivity index (χ1) is 9.70. The number of benzene rings is 1. The van der Waals surface area contributed by atoms with Gasteiger partial charge in [-0.25, -0.2) is 4.79 Å². The molecule has 0 atom stereocenters. The second-order valence-electron chi connectivity index (χ2n) is 3.90. The van der Waals surface area contributed by atoms with Crippen molar-refractivity contribution in [2.24, 2.45) is 0 Å². The average Bonchev–Trinajstić information content (AvgIpc) is 3.00. The zero-order valence-electron chi connectivity index (χ0n) is 10.8. The van der Waals surface area contributed by atoms with Crippen LogP contribution in [0.2, 0.25) is 0 Å². The Hall–Kier alpha value is -2.77. The van der Waals surface area contributed by atoms with Crippen molar-refractivity contribution in [1.82, 2.24) is 20.6 Å². The monoisotopic (exact) mass is 275 g/mol. The maximum absolute atomic E-state index is 11.6. The number of hydrogen-bond acceptors (Lipinski definition) is 6. The Morgan fingerprint density at radius 1 is 1.30 bits per heavy atom. The van der Waals surface area contributed by atoms with E-state index in [9.17, 15) is 9.59 Å². The minimum Gasteiger partial charge on any atom is -0.462 e. The van der Waals surface area contributed by atoms with E-state index in [4.69, 9.17) is 4.74 Å². The van der Waals surface area contributed by atoms with Gasteiger partial charge in [-0.3, -0.25) is 4.79 Å². The molecule has 20 heavy (non-hydrogen) atoms. The van der Waals surface area contributed by atoms with Crippen molar-refractivity contribution in [3.8, 4) is 0 Å². The summed E-state index contributed by atoms with van der Waals surface area (Å²) >= 11 is 0. The first kappa shape index (κ1) is 13.7. The summed E-state index contributed by atoms with van der Waals surface area (Å²) in [7, 11) is 0. The van der Waals surface area contributed by atoms with Crippen LogP contribution in [0.4, 0.5) is 5.69 Å². The van der Waals surface area contributed by atoms with Gasteiger partial charge in [0.2, 0.25) is 0 Å². The molecule has 0 unspecified atom stereocenters. The van der Waals surface area contributed by atoms with Crippen LogP contribution in [0.3, 0.4) is 0 Å². The lowest BCUT2D eigenvalue weighted by Gasteiger charge is -2.05. The minimum absolute atomic E-state index is 0.0589. The number of esters is 1. The summed E-state index contributed by atoms with van der Waals surface area (Å²) in [5.41, 5.74) is 0.947. The lowest BCUT2D eigenvalue weighted by molar-refractivity contribution is 0.0505. The first-order valence-corrected chi connectivity index (χ1v) is 6.02. The number of nitrogens with zero attached hydrogens (tertiary/aromatic N) is 3. The van der Waals surface area contributed by atoms with Gasteiger partial charge in [0.15, 0.2) is 0 Å². The highest BCUT2D eigenvalue weighted by Crippen LogP contribution is 2.11. The summed E-state index contributed by atoms with van der Waals surface area (Å²) in [6.07, 6.45) is 0.768. The zero-order valence-corrected chi connectivity index (χ0v) is 10.8. The minimum atomic E-state index is -0.486. The van der Waals surface area contributed by atoms with E-state index in [1.165, 1.54) is 0 Å². The fraction of sp³-hybridized carbons (Fsp3) is 0.250. The van der Waals surface area contributed by atoms with Gasteiger partial charge in [0.1, 0.15) is 0 Å². The molecule has 8 heteroatoms. The van der Waals surface area contributed by atoms with E-state index in [1.807, 2.05) is 6.92 Å². The van der Waals surface area contributed by atoms with E-state index < -0.39 is 5.91 Å². The predicted octanol–water partition coefficient (Wildman–Crippen LogP) is 1.02. The van der Waals surface area contributed by atoms with Crippen LogP contribution in [-0.4, -0.2) is 39.1 Å². The standard InChI is InChI=1S/C12H13N5O3/c1-2-7-20-12(19)8-3-5-9(6-4-8)13-11(18)10-14-16-17-15-10/h3-6H,2,7H2,1H3,(H,13,18)(H,14,15,16,17). The van der Waals surface area contributed by atoms with E-state index in [0.717, 1.165) is 6.42 Å². The van der Waals surface area contributed by atoms with Gasteiger partial charge in [0.05, 0.1) is 12.2 Å². The van der Waals surface area contributed by atoms with Gasteiger partial charge in [0, 0.05) is 5.69 Å². The highest BCUT2D eigenvalue weighted by atomic mass is 16.5. The molecule has 0 spiro atoms. The number of amides is 1. The Kier molecular flexibility index (Phi) is 4.38. The molecule has 0 bridgehead atoms. The van der Waals surface area contributed by atoms with E-state index in [2.05, 4.69) is 25.9 Å². The van der Waals surface area contributed by atoms with Crippen LogP contribution in [0.1, 0.15) is 34.3 Å². The van der Waals surface area contributed by atoms with Crippen molar-refractivity contribution >= 4 is 17.6 Å². The number of tetrazole rings is 1. The van der Waals surface area contributed by atoms with Crippen molar-refractivity contribution in [3.63, 3.8) is 0 Å². The van der Waals surface area contributed by atoms with E-state index in [0.29, 0.717) is 17.9 Å². The third-order valence-corrected chi connectivity index (χ3v) is 2.36. The largest absolute Gasteiger partial charge is 0.462 e. The van der Waals surface area contributed by atoms with Crippen LogP contribution in [0.25, 0.3) is 0 Å². The molecule has 2 N–H and O–H groups in total. The van der Waals surface area contributed by atoms with Crippen LogP contribution >= 0.6 is 0 Å². The van der Waals surface area contributed by atoms with Crippen LogP contribution in [0.5, 0.6) is 0 Å². The van der Waals surface area contributed by atoms with Crippen LogP contribution in [0.15, 0.2) is 24.3 Å². The van der Waals surface area contributed by atoms with Crippen molar-refractivity contribution in [3.05, 3.63) is 35.7 Å². The number of aromatic amines is 1. The Morgan fingerprint density at radius 2 is 2.05 bits per heavy atom. The number of rotatable bonds is 5. The molecule has 0 radical (unpaired) electrons. The number of carbonyl (C=O) groups is 2. The van der Waals surface area contributed by atoms with Gasteiger partial charge in [-0.1, -0.05) is 6.92 Å². The Bertz CT molecular complexity index is 580. The van der Waals surface area contributed by atoms with Crippen LogP contribution in [-0.2, 0) is 4.74 Å². The van der Waals surface area contributed by atoms with Gasteiger partial charge in [-0.05, 0) is 35.9 Å². The SMILES string of the molecule is CCCOC(=O)c1ccc(NC(=O)c2nn[nH]n2)cc1. The molecule has 1 aromatic carbocycles. The molecular formula is C12H13N5O3. The number of anilines is 1. The molecule has 1 amide bonds. The predicted molar refractivity (Wildman–Crippen MR) is 69.1 cm³/mol. The Balaban J connectivity index is 1.98. The number of ether oxygens (including phenoxy) is 1. The Morgan fingerprint density at radius 3 is 2.65 bits per heavy atom. The molecule has 104 valence electrons. The zero-order chi connectivity index (χ0) is 14.4. The molecule has 0 saturated carbocycles. The highest BCUT2D eigenvalue weighted by Gasteiger charge is 2.11. The average molecular weight is 275 g/mol.